The van der Waals surface area contributed by atoms with Crippen LogP contribution < -0.4 is 5.43 Å². The van der Waals surface area contributed by atoms with Gasteiger partial charge in [0.25, 0.3) is 5.91 Å². The molecule has 132 valence electrons. The number of nitrogens with zero attached hydrogens (tertiary/aromatic N) is 2. The number of nitrogens with one attached hydrogen (secondary N) is 1. The Labute approximate surface area is 164 Å². The predicted octanol–water partition coefficient (Wildman–Crippen LogP) is 4.60. The molecule has 0 saturated heterocycles. The molecule has 0 spiro atoms. The number of para-hydroxylation sites is 1. The first-order chi connectivity index (χ1) is 12.5. The lowest BCUT2D eigenvalue weighted by molar-refractivity contribution is 0.0955. The molecule has 0 bridgehead atoms. The van der Waals surface area contributed by atoms with Crippen LogP contribution in [0.5, 0.6) is 0 Å². The molecule has 0 atom stereocenters. The number of carbonyl (C=O) groups excluding carboxylic acids is 1. The first-order valence-electron chi connectivity index (χ1n) is 8.00. The van der Waals surface area contributed by atoms with Crippen molar-refractivity contribution < 1.29 is 9.18 Å². The third-order valence-electron chi connectivity index (χ3n) is 4.04. The van der Waals surface area contributed by atoms with E-state index in [1.165, 1.54) is 24.3 Å². The molecule has 0 aliphatic heterocycles. The molecule has 2 aromatic carbocycles. The highest BCUT2D eigenvalue weighted by atomic mass is 127. The number of aryl methyl sites for hydroxylation is 1. The normalized spacial score (nSPS) is 11.1. The summed E-state index contributed by atoms with van der Waals surface area (Å²) in [6.45, 7) is 4.05. The van der Waals surface area contributed by atoms with E-state index in [1.807, 2.05) is 32.0 Å². The first-order valence-corrected chi connectivity index (χ1v) is 9.08. The van der Waals surface area contributed by atoms with Crippen molar-refractivity contribution in [2.45, 2.75) is 13.8 Å². The molecule has 4 nitrogen and oxygen atoms in total. The summed E-state index contributed by atoms with van der Waals surface area (Å²) in [5, 5.41) is 4.04. The van der Waals surface area contributed by atoms with Crippen molar-refractivity contribution in [3.63, 3.8) is 0 Å². The summed E-state index contributed by atoms with van der Waals surface area (Å²) < 4.78 is 16.2. The van der Waals surface area contributed by atoms with Crippen molar-refractivity contribution >= 4 is 34.7 Å². The molecule has 0 aliphatic rings. The zero-order chi connectivity index (χ0) is 18.7. The van der Waals surface area contributed by atoms with E-state index < -0.39 is 0 Å². The highest BCUT2D eigenvalue weighted by molar-refractivity contribution is 14.1. The number of carbonyl (C=O) groups is 1. The van der Waals surface area contributed by atoms with Crippen LogP contribution in [0.1, 0.15) is 27.3 Å². The van der Waals surface area contributed by atoms with Gasteiger partial charge in [-0.05, 0) is 78.9 Å². The van der Waals surface area contributed by atoms with Gasteiger partial charge in [0.2, 0.25) is 0 Å². The number of benzene rings is 2. The van der Waals surface area contributed by atoms with Crippen LogP contribution in [0.15, 0.2) is 59.7 Å². The Morgan fingerprint density at radius 3 is 2.54 bits per heavy atom. The molecule has 26 heavy (non-hydrogen) atoms. The predicted molar refractivity (Wildman–Crippen MR) is 109 cm³/mol. The van der Waals surface area contributed by atoms with Crippen LogP contribution in [0.25, 0.3) is 5.69 Å². The topological polar surface area (TPSA) is 46.4 Å². The van der Waals surface area contributed by atoms with Gasteiger partial charge in [-0.1, -0.05) is 12.1 Å². The maximum Gasteiger partial charge on any atom is 0.271 e. The summed E-state index contributed by atoms with van der Waals surface area (Å²) in [5.41, 5.74) is 6.97. The third kappa shape index (κ3) is 3.85. The Kier molecular flexibility index (Phi) is 5.51. The number of aromatic nitrogens is 1. The van der Waals surface area contributed by atoms with Gasteiger partial charge in [0.15, 0.2) is 0 Å². The highest BCUT2D eigenvalue weighted by Gasteiger charge is 2.11. The van der Waals surface area contributed by atoms with E-state index in [4.69, 9.17) is 0 Å². The second-order valence-electron chi connectivity index (χ2n) is 5.82. The number of halogens is 2. The van der Waals surface area contributed by atoms with Crippen molar-refractivity contribution in [2.24, 2.45) is 5.10 Å². The Hall–Kier alpha value is -2.48. The van der Waals surface area contributed by atoms with Crippen LogP contribution in [0.2, 0.25) is 0 Å². The second-order valence-corrected chi connectivity index (χ2v) is 6.98. The smallest absolute Gasteiger partial charge is 0.271 e. The van der Waals surface area contributed by atoms with Gasteiger partial charge in [-0.3, -0.25) is 4.79 Å². The van der Waals surface area contributed by atoms with E-state index >= 15 is 0 Å². The molecule has 1 amide bonds. The van der Waals surface area contributed by atoms with Gasteiger partial charge in [-0.2, -0.15) is 5.10 Å². The summed E-state index contributed by atoms with van der Waals surface area (Å²) in [7, 11) is 0. The van der Waals surface area contributed by atoms with Gasteiger partial charge in [0, 0.05) is 26.1 Å². The quantitative estimate of drug-likeness (QED) is 0.345. The molecule has 0 unspecified atom stereocenters. The molecule has 6 heteroatoms. The van der Waals surface area contributed by atoms with Crippen LogP contribution in [0.3, 0.4) is 0 Å². The molecule has 3 aromatic rings. The Morgan fingerprint density at radius 1 is 1.15 bits per heavy atom. The minimum atomic E-state index is -0.382. The fourth-order valence-electron chi connectivity index (χ4n) is 2.75. The number of hydrogen-bond donors (Lipinski definition) is 1. The molecule has 0 radical (unpaired) electrons. The number of hydrazone groups is 1. The lowest BCUT2D eigenvalue weighted by Crippen LogP contribution is -2.17. The number of hydrogen-bond acceptors (Lipinski definition) is 2. The van der Waals surface area contributed by atoms with Crippen molar-refractivity contribution in [3.05, 3.63) is 86.5 Å². The van der Waals surface area contributed by atoms with Gasteiger partial charge in [0.05, 0.1) is 11.9 Å². The lowest BCUT2D eigenvalue weighted by atomic mass is 10.2. The molecule has 0 aliphatic carbocycles. The van der Waals surface area contributed by atoms with Crippen LogP contribution in [0.4, 0.5) is 4.39 Å². The Morgan fingerprint density at radius 2 is 1.85 bits per heavy atom. The zero-order valence-corrected chi connectivity index (χ0v) is 16.5. The minimum Gasteiger partial charge on any atom is -0.317 e. The van der Waals surface area contributed by atoms with Gasteiger partial charge in [-0.15, -0.1) is 0 Å². The van der Waals surface area contributed by atoms with Crippen LogP contribution >= 0.6 is 22.6 Å². The maximum absolute atomic E-state index is 12.9. The number of rotatable bonds is 4. The molecule has 1 aromatic heterocycles. The third-order valence-corrected chi connectivity index (χ3v) is 4.95. The summed E-state index contributed by atoms with van der Waals surface area (Å²) >= 11 is 2.31. The van der Waals surface area contributed by atoms with Gasteiger partial charge in [-0.25, -0.2) is 9.82 Å². The van der Waals surface area contributed by atoms with E-state index in [2.05, 4.69) is 49.8 Å². The van der Waals surface area contributed by atoms with Crippen LogP contribution in [-0.2, 0) is 0 Å². The molecule has 0 saturated carbocycles. The SMILES string of the molecule is Cc1cc(/C=N\NC(=O)c2ccc(F)cc2)c(C)n1-c1ccccc1I. The standard InChI is InChI=1S/C20H17FIN3O/c1-13-11-16(14(2)25(13)19-6-4-3-5-18(19)22)12-23-24-20(26)15-7-9-17(21)10-8-15/h3-12H,1-2H3,(H,24,26)/b23-12-. The molecule has 1 heterocycles. The first kappa shape index (κ1) is 18.3. The van der Waals surface area contributed by atoms with Crippen LogP contribution in [-0.4, -0.2) is 16.7 Å². The van der Waals surface area contributed by atoms with E-state index in [0.29, 0.717) is 5.56 Å². The summed E-state index contributed by atoms with van der Waals surface area (Å²) in [6.07, 6.45) is 1.62. The zero-order valence-electron chi connectivity index (χ0n) is 14.3. The number of amides is 1. The fraction of sp³-hybridized carbons (Fsp3) is 0.100. The van der Waals surface area contributed by atoms with Crippen molar-refractivity contribution in [2.75, 3.05) is 0 Å². The van der Waals surface area contributed by atoms with Gasteiger partial charge >= 0.3 is 0 Å². The average Bonchev–Trinajstić information content (AvgIpc) is 2.90. The van der Waals surface area contributed by atoms with E-state index in [0.717, 1.165) is 26.2 Å². The monoisotopic (exact) mass is 461 g/mol. The summed E-state index contributed by atoms with van der Waals surface area (Å²) in [4.78, 5) is 12.0. The maximum atomic E-state index is 12.9. The highest BCUT2D eigenvalue weighted by Crippen LogP contribution is 2.23. The second kappa shape index (κ2) is 7.82. The van der Waals surface area contributed by atoms with Gasteiger partial charge in [0.1, 0.15) is 5.82 Å². The summed E-state index contributed by atoms with van der Waals surface area (Å²) in [5.74, 6) is -0.763. The lowest BCUT2D eigenvalue weighted by Gasteiger charge is -2.11. The molecular formula is C20H17FIN3O. The van der Waals surface area contributed by atoms with Crippen molar-refractivity contribution in [3.8, 4) is 5.69 Å². The van der Waals surface area contributed by atoms with Crippen LogP contribution in [0, 0.1) is 23.2 Å². The van der Waals surface area contributed by atoms with E-state index in [1.54, 1.807) is 6.21 Å². The average molecular weight is 461 g/mol. The fourth-order valence-corrected chi connectivity index (χ4v) is 3.38. The van der Waals surface area contributed by atoms with E-state index in [9.17, 15) is 9.18 Å². The molecule has 1 N–H and O–H groups in total. The Balaban J connectivity index is 1.80. The molecule has 3 rings (SSSR count). The van der Waals surface area contributed by atoms with Gasteiger partial charge < -0.3 is 4.57 Å². The molecule has 0 fully saturated rings. The van der Waals surface area contributed by atoms with E-state index in [-0.39, 0.29) is 11.7 Å². The summed E-state index contributed by atoms with van der Waals surface area (Å²) in [6, 6.07) is 15.5. The largest absolute Gasteiger partial charge is 0.317 e. The molecular weight excluding hydrogens is 444 g/mol. The van der Waals surface area contributed by atoms with Crippen molar-refractivity contribution in [1.29, 1.82) is 0 Å². The minimum absolute atomic E-state index is 0.355. The Bertz CT molecular complexity index is 977. The van der Waals surface area contributed by atoms with Crippen molar-refractivity contribution in [1.82, 2.24) is 9.99 Å².